The Bertz CT molecular complexity index is 1450. The van der Waals surface area contributed by atoms with Gasteiger partial charge in [-0.2, -0.15) is 0 Å². The van der Waals surface area contributed by atoms with E-state index in [1.807, 2.05) is 14.1 Å². The number of pyridine rings is 1. The predicted octanol–water partition coefficient (Wildman–Crippen LogP) is 6.95. The van der Waals surface area contributed by atoms with Crippen molar-refractivity contribution in [2.75, 3.05) is 45.0 Å². The number of nitrogens with zero attached hydrogens (tertiary/aromatic N) is 3. The topological polar surface area (TPSA) is 89.3 Å². The second-order valence-corrected chi connectivity index (χ2v) is 9.05. The Morgan fingerprint density at radius 3 is 2.21 bits per heavy atom. The molecule has 9 nitrogen and oxygen atoms in total. The van der Waals surface area contributed by atoms with Crippen molar-refractivity contribution in [1.29, 1.82) is 0 Å². The van der Waals surface area contributed by atoms with E-state index >= 15 is 0 Å². The Morgan fingerprint density at radius 2 is 1.59 bits per heavy atom. The maximum atomic E-state index is 12.3. The van der Waals surface area contributed by atoms with Crippen LogP contribution in [0.3, 0.4) is 0 Å². The number of ether oxygens (including phenoxy) is 3. The number of hydrogen-bond acceptors (Lipinski definition) is 6. The highest BCUT2D eigenvalue weighted by Crippen LogP contribution is 2.37. The third kappa shape index (κ3) is 7.60. The lowest BCUT2D eigenvalue weighted by atomic mass is 10.1. The van der Waals surface area contributed by atoms with E-state index in [0.29, 0.717) is 57.6 Å². The second-order valence-electron chi connectivity index (χ2n) is 9.05. The average Bonchev–Trinajstić information content (AvgIpc) is 2.94. The number of aromatic nitrogens is 1. The Kier molecular flexibility index (Phi) is 9.16. The number of carbonyl (C=O) groups excluding carboxylic acids is 1. The Hall–Kier alpha value is -4.81. The number of rotatable bonds is 11. The van der Waals surface area contributed by atoms with Crippen LogP contribution in [0, 0.1) is 6.57 Å². The van der Waals surface area contributed by atoms with Crippen LogP contribution in [0.1, 0.15) is 12.8 Å². The van der Waals surface area contributed by atoms with Crippen molar-refractivity contribution in [2.45, 2.75) is 12.8 Å². The first-order valence-electron chi connectivity index (χ1n) is 12.5. The van der Waals surface area contributed by atoms with Gasteiger partial charge in [-0.05, 0) is 100 Å². The Balaban J connectivity index is 1.40. The van der Waals surface area contributed by atoms with Crippen LogP contribution in [0.4, 0.5) is 21.9 Å². The maximum absolute atomic E-state index is 12.3. The van der Waals surface area contributed by atoms with Crippen LogP contribution in [0.25, 0.3) is 15.7 Å². The van der Waals surface area contributed by atoms with E-state index in [9.17, 15) is 4.79 Å². The van der Waals surface area contributed by atoms with E-state index in [1.54, 1.807) is 80.0 Å². The summed E-state index contributed by atoms with van der Waals surface area (Å²) >= 11 is 0. The maximum Gasteiger partial charge on any atom is 0.323 e. The summed E-state index contributed by atoms with van der Waals surface area (Å²) in [6, 6.07) is 19.0. The van der Waals surface area contributed by atoms with Gasteiger partial charge in [0.2, 0.25) is 5.69 Å². The van der Waals surface area contributed by atoms with Crippen molar-refractivity contribution in [3.63, 3.8) is 0 Å². The molecule has 0 fully saturated rings. The summed E-state index contributed by atoms with van der Waals surface area (Å²) < 4.78 is 17.2. The van der Waals surface area contributed by atoms with Crippen molar-refractivity contribution in [2.24, 2.45) is 0 Å². The molecule has 0 aliphatic carbocycles. The van der Waals surface area contributed by atoms with Crippen molar-refractivity contribution < 1.29 is 19.0 Å². The monoisotopic (exact) mass is 525 g/mol. The molecule has 0 atom stereocenters. The molecule has 0 radical (unpaired) electrons. The lowest BCUT2D eigenvalue weighted by molar-refractivity contribution is 0.262. The molecule has 200 valence electrons. The molecule has 0 unspecified atom stereocenters. The first-order valence-corrected chi connectivity index (χ1v) is 12.5. The van der Waals surface area contributed by atoms with E-state index in [1.165, 1.54) is 0 Å². The van der Waals surface area contributed by atoms with E-state index in [0.717, 1.165) is 19.4 Å². The smallest absolute Gasteiger partial charge is 0.323 e. The van der Waals surface area contributed by atoms with Crippen molar-refractivity contribution in [1.82, 2.24) is 9.88 Å². The van der Waals surface area contributed by atoms with E-state index in [4.69, 9.17) is 20.8 Å². The average molecular weight is 526 g/mol. The number of unbranched alkanes of at least 4 members (excludes halogenated alkanes) is 1. The van der Waals surface area contributed by atoms with Gasteiger partial charge in [0, 0.05) is 23.0 Å². The third-order valence-corrected chi connectivity index (χ3v) is 5.85. The van der Waals surface area contributed by atoms with Gasteiger partial charge in [0.05, 0.1) is 25.8 Å². The van der Waals surface area contributed by atoms with Gasteiger partial charge in [0.15, 0.2) is 0 Å². The molecular formula is C30H31N5O4. The molecule has 9 heteroatoms. The number of anilines is 2. The van der Waals surface area contributed by atoms with E-state index in [-0.39, 0.29) is 6.03 Å². The first-order chi connectivity index (χ1) is 18.9. The van der Waals surface area contributed by atoms with Gasteiger partial charge in [-0.1, -0.05) is 0 Å². The van der Waals surface area contributed by atoms with Crippen molar-refractivity contribution in [3.8, 4) is 23.0 Å². The van der Waals surface area contributed by atoms with Crippen LogP contribution >= 0.6 is 0 Å². The summed E-state index contributed by atoms with van der Waals surface area (Å²) in [5, 5.41) is 6.28. The minimum atomic E-state index is -0.364. The molecule has 2 amide bonds. The number of benzene rings is 3. The van der Waals surface area contributed by atoms with Crippen LogP contribution < -0.4 is 24.8 Å². The highest BCUT2D eigenvalue weighted by atomic mass is 16.5. The SMILES string of the molecule is [C-]#[N+]c1cc2c(Oc3ccc(NC(=O)Nc4ccc(OC)cc4)cc3)ccnc2cc1OCCCCN(C)C. The van der Waals surface area contributed by atoms with Gasteiger partial charge >= 0.3 is 6.03 Å². The molecule has 0 bridgehead atoms. The number of fused-ring (bicyclic) bond motifs is 1. The number of amides is 2. The fourth-order valence-electron chi connectivity index (χ4n) is 3.84. The molecule has 0 saturated heterocycles. The summed E-state index contributed by atoms with van der Waals surface area (Å²) in [5.74, 6) is 2.38. The van der Waals surface area contributed by atoms with Gasteiger partial charge in [-0.25, -0.2) is 9.64 Å². The lowest BCUT2D eigenvalue weighted by Crippen LogP contribution is -2.19. The van der Waals surface area contributed by atoms with Gasteiger partial charge in [-0.3, -0.25) is 4.98 Å². The largest absolute Gasteiger partial charge is 0.505 e. The fraction of sp³-hybridized carbons (Fsp3) is 0.233. The van der Waals surface area contributed by atoms with Crippen LogP contribution in [0.15, 0.2) is 72.9 Å². The predicted molar refractivity (Wildman–Crippen MR) is 153 cm³/mol. The van der Waals surface area contributed by atoms with Gasteiger partial charge in [-0.15, -0.1) is 0 Å². The summed E-state index contributed by atoms with van der Waals surface area (Å²) in [7, 11) is 5.68. The minimum absolute atomic E-state index is 0.364. The zero-order valence-corrected chi connectivity index (χ0v) is 22.2. The van der Waals surface area contributed by atoms with Gasteiger partial charge < -0.3 is 29.7 Å². The van der Waals surface area contributed by atoms with Crippen LogP contribution in [-0.2, 0) is 0 Å². The van der Waals surface area contributed by atoms with Gasteiger partial charge in [0.1, 0.15) is 23.0 Å². The molecule has 4 rings (SSSR count). The molecule has 0 aliphatic heterocycles. The van der Waals surface area contributed by atoms with Crippen LogP contribution in [-0.4, -0.2) is 50.3 Å². The molecular weight excluding hydrogens is 494 g/mol. The normalized spacial score (nSPS) is 10.6. The minimum Gasteiger partial charge on any atom is -0.505 e. The number of methoxy groups -OCH3 is 1. The number of nitrogens with one attached hydrogen (secondary N) is 2. The molecule has 1 aromatic heterocycles. The van der Waals surface area contributed by atoms with E-state index in [2.05, 4.69) is 25.4 Å². The molecule has 4 aromatic rings. The Labute approximate surface area is 228 Å². The molecule has 39 heavy (non-hydrogen) atoms. The van der Waals surface area contributed by atoms with E-state index < -0.39 is 0 Å². The van der Waals surface area contributed by atoms with Crippen molar-refractivity contribution >= 4 is 34.0 Å². The van der Waals surface area contributed by atoms with Crippen LogP contribution in [0.5, 0.6) is 23.0 Å². The molecule has 0 aliphatic rings. The fourth-order valence-corrected chi connectivity index (χ4v) is 3.84. The highest BCUT2D eigenvalue weighted by Gasteiger charge is 2.12. The zero-order valence-electron chi connectivity index (χ0n) is 22.2. The molecule has 0 spiro atoms. The van der Waals surface area contributed by atoms with Gasteiger partial charge in [0.25, 0.3) is 0 Å². The summed E-state index contributed by atoms with van der Waals surface area (Å²) in [6.07, 6.45) is 3.58. The molecule has 0 saturated carbocycles. The molecule has 3 aromatic carbocycles. The molecule has 1 heterocycles. The summed E-state index contributed by atoms with van der Waals surface area (Å²) in [4.78, 5) is 22.6. The quantitative estimate of drug-likeness (QED) is 0.163. The summed E-state index contributed by atoms with van der Waals surface area (Å²) in [6.45, 7) is 9.16. The number of carbonyl (C=O) groups is 1. The van der Waals surface area contributed by atoms with Crippen LogP contribution in [0.2, 0.25) is 0 Å². The van der Waals surface area contributed by atoms with Crippen molar-refractivity contribution in [3.05, 3.63) is 84.3 Å². The number of hydrogen-bond donors (Lipinski definition) is 2. The third-order valence-electron chi connectivity index (χ3n) is 5.85. The Morgan fingerprint density at radius 1 is 0.923 bits per heavy atom. The molecule has 2 N–H and O–H groups in total. The second kappa shape index (κ2) is 13.1. The summed E-state index contributed by atoms with van der Waals surface area (Å²) in [5.41, 5.74) is 2.34. The zero-order chi connectivity index (χ0) is 27.6. The lowest BCUT2D eigenvalue weighted by Gasteiger charge is -2.13. The first kappa shape index (κ1) is 27.2. The number of urea groups is 1. The standard InChI is InChI=1S/C30H31N5O4/c1-31-27-19-25-26(20-29(27)38-18-6-5-17-35(2)3)32-16-15-28(25)39-24-13-9-22(10-14-24)34-30(36)33-21-7-11-23(37-4)12-8-21/h7-16,19-20H,5-6,17-18H2,2-4H3,(H2,33,34,36). The highest BCUT2D eigenvalue weighted by molar-refractivity contribution is 5.99.